The lowest BCUT2D eigenvalue weighted by atomic mass is 10.0. The molecule has 0 saturated carbocycles. The van der Waals surface area contributed by atoms with Crippen LogP contribution in [0.25, 0.3) is 51.3 Å². The molecule has 0 saturated heterocycles. The van der Waals surface area contributed by atoms with Gasteiger partial charge < -0.3 is 20.1 Å². The van der Waals surface area contributed by atoms with Gasteiger partial charge in [0.25, 0.3) is 0 Å². The van der Waals surface area contributed by atoms with Crippen LogP contribution in [0.15, 0.2) is 91.7 Å². The first-order valence-electron chi connectivity index (χ1n) is 12.9. The fourth-order valence-electron chi connectivity index (χ4n) is 4.94. The van der Waals surface area contributed by atoms with Crippen LogP contribution >= 0.6 is 0 Å². The Hall–Kier alpha value is -5.70. The highest BCUT2D eigenvalue weighted by molar-refractivity contribution is 5.98. The quantitative estimate of drug-likeness (QED) is 0.245. The zero-order chi connectivity index (χ0) is 27.8. The van der Waals surface area contributed by atoms with E-state index in [0.717, 1.165) is 49.9 Å². The maximum absolute atomic E-state index is 14.1. The molecule has 9 heteroatoms. The molecule has 0 unspecified atom stereocenters. The van der Waals surface area contributed by atoms with Gasteiger partial charge in [-0.25, -0.2) is 4.39 Å². The number of aromatic amines is 2. The third-order valence-electron chi connectivity index (χ3n) is 6.89. The Morgan fingerprint density at radius 3 is 2.63 bits per heavy atom. The van der Waals surface area contributed by atoms with Crippen molar-refractivity contribution in [1.82, 2.24) is 30.5 Å². The molecule has 0 aliphatic carbocycles. The van der Waals surface area contributed by atoms with Gasteiger partial charge >= 0.3 is 0 Å². The maximum Gasteiger partial charge on any atom is 0.138 e. The largest absolute Gasteiger partial charge is 0.508 e. The first kappa shape index (κ1) is 24.3. The lowest BCUT2D eigenvalue weighted by Crippen LogP contribution is -2.24. The van der Waals surface area contributed by atoms with E-state index in [1.807, 2.05) is 60.9 Å². The van der Waals surface area contributed by atoms with E-state index in [9.17, 15) is 9.50 Å². The molecule has 7 rings (SSSR count). The third kappa shape index (κ3) is 4.80. The number of nitrogens with zero attached hydrogens (tertiary/aromatic N) is 3. The number of fused-ring (bicyclic) bond motifs is 2. The number of H-pyrrole nitrogens is 2. The molecule has 1 aliphatic rings. The van der Waals surface area contributed by atoms with E-state index in [0.29, 0.717) is 29.2 Å². The van der Waals surface area contributed by atoms with Crippen molar-refractivity contribution in [2.24, 2.45) is 0 Å². The van der Waals surface area contributed by atoms with Crippen LogP contribution in [0, 0.1) is 5.82 Å². The fourth-order valence-corrected chi connectivity index (χ4v) is 4.94. The van der Waals surface area contributed by atoms with Gasteiger partial charge in [-0.15, -0.1) is 0 Å². The van der Waals surface area contributed by atoms with Gasteiger partial charge in [0.15, 0.2) is 0 Å². The molecule has 0 radical (unpaired) electrons. The Morgan fingerprint density at radius 2 is 1.76 bits per heavy atom. The minimum absolute atomic E-state index is 0.147. The predicted molar refractivity (Wildman–Crippen MR) is 155 cm³/mol. The molecule has 8 nitrogen and oxygen atoms in total. The number of aromatic nitrogens is 5. The van der Waals surface area contributed by atoms with Gasteiger partial charge in [-0.1, -0.05) is 30.3 Å². The first-order valence-corrected chi connectivity index (χ1v) is 12.9. The number of hydrogen-bond acceptors (Lipinski definition) is 6. The molecule has 6 aromatic rings. The number of phenols is 1. The number of nitrogens with one attached hydrogen (secondary N) is 3. The van der Waals surface area contributed by atoms with Gasteiger partial charge in [-0.05, 0) is 41.5 Å². The topological polar surface area (TPSA) is 112 Å². The number of pyridine rings is 2. The van der Waals surface area contributed by atoms with Crippen molar-refractivity contribution in [3.05, 3.63) is 119 Å². The SMILES string of the molecule is Oc1cc(F)cc(-c2cncc3[nH]c(-c4n[nH]c5c4=CC(c4cncc(OCc6ccccc6)c4)=CNC=5)cc23)c1. The molecular weight excluding hydrogens is 519 g/mol. The zero-order valence-corrected chi connectivity index (χ0v) is 21.6. The monoisotopic (exact) mass is 542 g/mol. The van der Waals surface area contributed by atoms with Crippen molar-refractivity contribution < 1.29 is 14.2 Å². The number of hydrogen-bond donors (Lipinski definition) is 4. The molecule has 4 N–H and O–H groups in total. The number of aromatic hydroxyl groups is 1. The number of benzene rings is 2. The highest BCUT2D eigenvalue weighted by Crippen LogP contribution is 2.32. The molecule has 0 bridgehead atoms. The first-order chi connectivity index (χ1) is 20.1. The minimum Gasteiger partial charge on any atom is -0.508 e. The van der Waals surface area contributed by atoms with Crippen LogP contribution in [-0.2, 0) is 6.61 Å². The van der Waals surface area contributed by atoms with Crippen molar-refractivity contribution in [1.29, 1.82) is 0 Å². The summed E-state index contributed by atoms with van der Waals surface area (Å²) in [6.45, 7) is 0.448. The van der Waals surface area contributed by atoms with Crippen molar-refractivity contribution in [3.8, 4) is 34.0 Å². The second-order valence-electron chi connectivity index (χ2n) is 9.67. The van der Waals surface area contributed by atoms with Crippen LogP contribution in [0.5, 0.6) is 11.5 Å². The van der Waals surface area contributed by atoms with Gasteiger partial charge in [-0.2, -0.15) is 5.10 Å². The van der Waals surface area contributed by atoms with Crippen LogP contribution in [-0.4, -0.2) is 30.3 Å². The van der Waals surface area contributed by atoms with E-state index < -0.39 is 5.82 Å². The number of rotatable bonds is 6. The Balaban J connectivity index is 1.26. The average Bonchev–Trinajstić information content (AvgIpc) is 3.53. The molecule has 4 aromatic heterocycles. The summed E-state index contributed by atoms with van der Waals surface area (Å²) in [4.78, 5) is 12.1. The van der Waals surface area contributed by atoms with Crippen molar-refractivity contribution >= 4 is 28.8 Å². The lowest BCUT2D eigenvalue weighted by molar-refractivity contribution is 0.305. The molecule has 200 valence electrons. The summed E-state index contributed by atoms with van der Waals surface area (Å²) in [6, 6.07) is 17.9. The second kappa shape index (κ2) is 10.1. The van der Waals surface area contributed by atoms with Gasteiger partial charge in [0.05, 0.1) is 29.0 Å². The van der Waals surface area contributed by atoms with E-state index in [2.05, 4.69) is 30.5 Å². The Morgan fingerprint density at radius 1 is 0.878 bits per heavy atom. The molecular formula is C32H23FN6O2. The van der Waals surface area contributed by atoms with Crippen LogP contribution in [0.1, 0.15) is 11.1 Å². The predicted octanol–water partition coefficient (Wildman–Crippen LogP) is 4.60. The van der Waals surface area contributed by atoms with Crippen LogP contribution in [0.4, 0.5) is 4.39 Å². The van der Waals surface area contributed by atoms with E-state index in [-0.39, 0.29) is 5.75 Å². The third-order valence-corrected chi connectivity index (χ3v) is 6.89. The lowest BCUT2D eigenvalue weighted by Gasteiger charge is -2.08. The van der Waals surface area contributed by atoms with E-state index >= 15 is 0 Å². The number of allylic oxidation sites excluding steroid dienone is 1. The summed E-state index contributed by atoms with van der Waals surface area (Å²) in [5.41, 5.74) is 6.31. The van der Waals surface area contributed by atoms with Gasteiger partial charge in [0.2, 0.25) is 0 Å². The summed E-state index contributed by atoms with van der Waals surface area (Å²) in [7, 11) is 0. The number of halogens is 1. The smallest absolute Gasteiger partial charge is 0.138 e. The summed E-state index contributed by atoms with van der Waals surface area (Å²) in [5, 5.41) is 23.4. The van der Waals surface area contributed by atoms with Crippen molar-refractivity contribution in [3.63, 3.8) is 0 Å². The second-order valence-corrected chi connectivity index (χ2v) is 9.67. The van der Waals surface area contributed by atoms with Crippen LogP contribution in [0.3, 0.4) is 0 Å². The Labute approximate surface area is 233 Å². The molecule has 0 spiro atoms. The summed E-state index contributed by atoms with van der Waals surface area (Å²) < 4.78 is 20.1. The Kier molecular flexibility index (Phi) is 6.01. The molecule has 2 aromatic carbocycles. The fraction of sp³-hybridized carbons (Fsp3) is 0.0312. The zero-order valence-electron chi connectivity index (χ0n) is 21.6. The average molecular weight is 543 g/mol. The molecule has 5 heterocycles. The summed E-state index contributed by atoms with van der Waals surface area (Å²) in [5.74, 6) is -0.00160. The standard InChI is InChI=1S/C32H23FN6O2/c33-23-6-20(7-24(40)10-23)28-15-36-16-30-26(28)11-29(37-30)32-27-9-22(13-35-17-31(27)38-39-32)21-8-25(14-34-12-21)41-18-19-4-2-1-3-5-19/h1-17,35,37-38,40H,18H2. The number of ether oxygens (including phenoxy) is 1. The Bertz CT molecular complexity index is 2040. The normalized spacial score (nSPS) is 12.5. The molecule has 41 heavy (non-hydrogen) atoms. The maximum atomic E-state index is 14.1. The van der Waals surface area contributed by atoms with Crippen molar-refractivity contribution in [2.75, 3.05) is 0 Å². The molecule has 1 aliphatic heterocycles. The molecule has 0 atom stereocenters. The summed E-state index contributed by atoms with van der Waals surface area (Å²) in [6.07, 6.45) is 12.7. The molecule has 0 fully saturated rings. The minimum atomic E-state index is -0.522. The van der Waals surface area contributed by atoms with Crippen LogP contribution < -0.4 is 20.6 Å². The highest BCUT2D eigenvalue weighted by atomic mass is 19.1. The van der Waals surface area contributed by atoms with Crippen molar-refractivity contribution in [2.45, 2.75) is 6.61 Å². The van der Waals surface area contributed by atoms with Gasteiger partial charge in [0, 0.05) is 58.2 Å². The van der Waals surface area contributed by atoms with Gasteiger partial charge in [-0.3, -0.25) is 15.1 Å². The highest BCUT2D eigenvalue weighted by Gasteiger charge is 2.15. The molecule has 0 amide bonds. The van der Waals surface area contributed by atoms with E-state index in [4.69, 9.17) is 4.74 Å². The number of phenolic OH excluding ortho intramolecular Hbond substituents is 1. The van der Waals surface area contributed by atoms with E-state index in [1.54, 1.807) is 24.8 Å². The van der Waals surface area contributed by atoms with Gasteiger partial charge in [0.1, 0.15) is 29.6 Å². The van der Waals surface area contributed by atoms with Crippen LogP contribution in [0.2, 0.25) is 0 Å². The van der Waals surface area contributed by atoms with E-state index in [1.165, 1.54) is 12.1 Å². The summed E-state index contributed by atoms with van der Waals surface area (Å²) >= 11 is 0.